The molecule has 2 N–H and O–H groups in total. The molecule has 1 heterocycles. The molecule has 1 aromatic rings. The number of piperidine rings is 1. The van der Waals surface area contributed by atoms with Crippen LogP contribution in [0.3, 0.4) is 0 Å². The summed E-state index contributed by atoms with van der Waals surface area (Å²) < 4.78 is 14.2. The number of hydrogen-bond acceptors (Lipinski definition) is 2. The van der Waals surface area contributed by atoms with Crippen LogP contribution in [0.4, 0.5) is 10.1 Å². The van der Waals surface area contributed by atoms with E-state index in [2.05, 4.69) is 26.6 Å². The summed E-state index contributed by atoms with van der Waals surface area (Å²) >= 11 is 3.17. The Morgan fingerprint density at radius 1 is 1.44 bits per heavy atom. The zero-order valence-corrected chi connectivity index (χ0v) is 12.1. The number of anilines is 1. The van der Waals surface area contributed by atoms with Crippen molar-refractivity contribution < 1.29 is 9.18 Å². The van der Waals surface area contributed by atoms with Crippen LogP contribution in [0.5, 0.6) is 0 Å². The Bertz CT molecular complexity index is 425. The number of carbonyl (C=O) groups is 1. The summed E-state index contributed by atoms with van der Waals surface area (Å²) in [5.74, 6) is -0.588. The van der Waals surface area contributed by atoms with Gasteiger partial charge in [-0.05, 0) is 37.6 Å². The maximum Gasteiger partial charge on any atom is 0.241 e. The molecule has 0 spiro atoms. The summed E-state index contributed by atoms with van der Waals surface area (Å²) in [5, 5.41) is 5.74. The van der Waals surface area contributed by atoms with Crippen LogP contribution in [0.15, 0.2) is 22.7 Å². The minimum atomic E-state index is -0.427. The van der Waals surface area contributed by atoms with E-state index in [1.807, 2.05) is 0 Å². The smallest absolute Gasteiger partial charge is 0.241 e. The Balaban J connectivity index is 0.00000162. The molecule has 1 aromatic carbocycles. The molecular formula is C12H15BrClFN2O. The Kier molecular flexibility index (Phi) is 6.05. The number of rotatable bonds is 2. The molecule has 1 aliphatic rings. The summed E-state index contributed by atoms with van der Waals surface area (Å²) in [7, 11) is 0. The van der Waals surface area contributed by atoms with E-state index in [-0.39, 0.29) is 30.0 Å². The highest BCUT2D eigenvalue weighted by molar-refractivity contribution is 9.10. The lowest BCUT2D eigenvalue weighted by Gasteiger charge is -2.22. The summed E-state index contributed by atoms with van der Waals surface area (Å²) in [6.07, 6.45) is 2.94. The number of nitrogens with one attached hydrogen (secondary N) is 2. The molecule has 0 aliphatic carbocycles. The molecule has 2 rings (SSSR count). The van der Waals surface area contributed by atoms with Gasteiger partial charge in [0, 0.05) is 4.47 Å². The summed E-state index contributed by atoms with van der Waals surface area (Å²) in [5.41, 5.74) is 0.227. The first kappa shape index (κ1) is 15.4. The van der Waals surface area contributed by atoms with E-state index < -0.39 is 5.82 Å². The second kappa shape index (κ2) is 7.07. The van der Waals surface area contributed by atoms with E-state index in [1.165, 1.54) is 6.07 Å². The SMILES string of the molecule is Cl.O=C(Nc1ccc(Br)cc1F)[C@H]1CCCCN1. The minimum absolute atomic E-state index is 0. The summed E-state index contributed by atoms with van der Waals surface area (Å²) in [6.45, 7) is 0.848. The average Bonchev–Trinajstić information content (AvgIpc) is 2.34. The van der Waals surface area contributed by atoms with Crippen molar-refractivity contribution in [1.29, 1.82) is 0 Å². The van der Waals surface area contributed by atoms with Gasteiger partial charge in [-0.25, -0.2) is 4.39 Å². The van der Waals surface area contributed by atoms with Crippen LogP contribution in [0, 0.1) is 5.82 Å². The molecule has 1 amide bonds. The molecule has 1 saturated heterocycles. The van der Waals surface area contributed by atoms with Crippen LogP contribution in [-0.4, -0.2) is 18.5 Å². The Labute approximate surface area is 120 Å². The standard InChI is InChI=1S/C12H14BrFN2O.ClH/c13-8-4-5-10(9(14)7-8)16-12(17)11-3-1-2-6-15-11;/h4-5,7,11,15H,1-3,6H2,(H,16,17);1H/t11-;/m1./s1. The van der Waals surface area contributed by atoms with Gasteiger partial charge in [-0.1, -0.05) is 22.4 Å². The van der Waals surface area contributed by atoms with E-state index in [0.717, 1.165) is 25.8 Å². The fraction of sp³-hybridized carbons (Fsp3) is 0.417. The molecule has 1 fully saturated rings. The van der Waals surface area contributed by atoms with Gasteiger partial charge in [0.2, 0.25) is 5.91 Å². The Hall–Kier alpha value is -0.650. The molecule has 100 valence electrons. The predicted octanol–water partition coefficient (Wildman–Crippen LogP) is 3.09. The first-order valence-electron chi connectivity index (χ1n) is 5.66. The maximum atomic E-state index is 13.5. The number of halogens is 3. The lowest BCUT2D eigenvalue weighted by molar-refractivity contribution is -0.118. The predicted molar refractivity (Wildman–Crippen MR) is 75.6 cm³/mol. The third-order valence-electron chi connectivity index (χ3n) is 2.82. The highest BCUT2D eigenvalue weighted by Crippen LogP contribution is 2.20. The number of benzene rings is 1. The molecule has 6 heteroatoms. The van der Waals surface area contributed by atoms with Gasteiger partial charge in [-0.3, -0.25) is 4.79 Å². The lowest BCUT2D eigenvalue weighted by Crippen LogP contribution is -2.43. The van der Waals surface area contributed by atoms with Crippen molar-refractivity contribution in [2.45, 2.75) is 25.3 Å². The van der Waals surface area contributed by atoms with Gasteiger partial charge < -0.3 is 10.6 Å². The fourth-order valence-corrected chi connectivity index (χ4v) is 2.22. The van der Waals surface area contributed by atoms with Crippen molar-refractivity contribution in [3.63, 3.8) is 0 Å². The normalized spacial score (nSPS) is 18.9. The van der Waals surface area contributed by atoms with Crippen LogP contribution in [0.1, 0.15) is 19.3 Å². The average molecular weight is 338 g/mol. The van der Waals surface area contributed by atoms with Gasteiger partial charge >= 0.3 is 0 Å². The maximum absolute atomic E-state index is 13.5. The van der Waals surface area contributed by atoms with Crippen molar-refractivity contribution in [3.05, 3.63) is 28.5 Å². The first-order chi connectivity index (χ1) is 8.16. The van der Waals surface area contributed by atoms with E-state index in [9.17, 15) is 9.18 Å². The van der Waals surface area contributed by atoms with Gasteiger partial charge in [-0.15, -0.1) is 12.4 Å². The van der Waals surface area contributed by atoms with E-state index in [1.54, 1.807) is 12.1 Å². The summed E-state index contributed by atoms with van der Waals surface area (Å²) in [4.78, 5) is 11.9. The van der Waals surface area contributed by atoms with Gasteiger partial charge in [0.25, 0.3) is 0 Å². The monoisotopic (exact) mass is 336 g/mol. The highest BCUT2D eigenvalue weighted by Gasteiger charge is 2.21. The van der Waals surface area contributed by atoms with Crippen LogP contribution in [0.25, 0.3) is 0 Å². The molecule has 0 aromatic heterocycles. The zero-order chi connectivity index (χ0) is 12.3. The van der Waals surface area contributed by atoms with Crippen LogP contribution in [-0.2, 0) is 4.79 Å². The van der Waals surface area contributed by atoms with Gasteiger partial charge in [-0.2, -0.15) is 0 Å². The quantitative estimate of drug-likeness (QED) is 0.871. The molecule has 0 radical (unpaired) electrons. The second-order valence-corrected chi connectivity index (χ2v) is 5.03. The zero-order valence-electron chi connectivity index (χ0n) is 9.71. The molecule has 1 atom stereocenters. The van der Waals surface area contributed by atoms with Crippen molar-refractivity contribution in [1.82, 2.24) is 5.32 Å². The molecule has 18 heavy (non-hydrogen) atoms. The van der Waals surface area contributed by atoms with Crippen LogP contribution < -0.4 is 10.6 Å². The summed E-state index contributed by atoms with van der Waals surface area (Å²) in [6, 6.07) is 4.39. The molecule has 0 unspecified atom stereocenters. The van der Waals surface area contributed by atoms with Crippen molar-refractivity contribution in [2.75, 3.05) is 11.9 Å². The van der Waals surface area contributed by atoms with E-state index >= 15 is 0 Å². The van der Waals surface area contributed by atoms with Crippen molar-refractivity contribution in [3.8, 4) is 0 Å². The molecular weight excluding hydrogens is 323 g/mol. The highest BCUT2D eigenvalue weighted by atomic mass is 79.9. The van der Waals surface area contributed by atoms with Gasteiger partial charge in [0.1, 0.15) is 5.82 Å². The van der Waals surface area contributed by atoms with E-state index in [4.69, 9.17) is 0 Å². The van der Waals surface area contributed by atoms with Gasteiger partial charge in [0.15, 0.2) is 0 Å². The molecule has 0 bridgehead atoms. The fourth-order valence-electron chi connectivity index (χ4n) is 1.89. The van der Waals surface area contributed by atoms with E-state index in [0.29, 0.717) is 4.47 Å². The topological polar surface area (TPSA) is 41.1 Å². The molecule has 1 aliphatic heterocycles. The van der Waals surface area contributed by atoms with Crippen LogP contribution >= 0.6 is 28.3 Å². The molecule has 3 nitrogen and oxygen atoms in total. The van der Waals surface area contributed by atoms with Crippen molar-refractivity contribution in [2.24, 2.45) is 0 Å². The number of hydrogen-bond donors (Lipinski definition) is 2. The lowest BCUT2D eigenvalue weighted by atomic mass is 10.0. The number of carbonyl (C=O) groups excluding carboxylic acids is 1. The number of amides is 1. The molecule has 0 saturated carbocycles. The minimum Gasteiger partial charge on any atom is -0.322 e. The van der Waals surface area contributed by atoms with Crippen LogP contribution in [0.2, 0.25) is 0 Å². The third kappa shape index (κ3) is 3.93. The first-order valence-corrected chi connectivity index (χ1v) is 6.45. The second-order valence-electron chi connectivity index (χ2n) is 4.12. The van der Waals surface area contributed by atoms with Crippen molar-refractivity contribution >= 4 is 39.9 Å². The largest absolute Gasteiger partial charge is 0.322 e. The Morgan fingerprint density at radius 2 is 2.22 bits per heavy atom. The van der Waals surface area contributed by atoms with Gasteiger partial charge in [0.05, 0.1) is 11.7 Å². The third-order valence-corrected chi connectivity index (χ3v) is 3.31. The Morgan fingerprint density at radius 3 is 2.83 bits per heavy atom.